The fourth-order valence-corrected chi connectivity index (χ4v) is 2.95. The molecule has 0 aliphatic carbocycles. The van der Waals surface area contributed by atoms with Crippen LogP contribution in [0.1, 0.15) is 6.04 Å². The number of terminal acetylenes is 1. The predicted molar refractivity (Wildman–Crippen MR) is 75.5 cm³/mol. The van der Waals surface area contributed by atoms with Crippen molar-refractivity contribution in [2.75, 3.05) is 18.1 Å². The van der Waals surface area contributed by atoms with E-state index in [1.165, 1.54) is 12.1 Å². The number of hydrogen-bond acceptors (Lipinski definition) is 5. The van der Waals surface area contributed by atoms with Crippen molar-refractivity contribution in [2.45, 2.75) is 10.9 Å². The molecule has 1 aliphatic heterocycles. The van der Waals surface area contributed by atoms with Crippen LogP contribution in [-0.4, -0.2) is 30.8 Å². The molecule has 1 aliphatic rings. The highest BCUT2D eigenvalue weighted by atomic mass is 32.2. The largest absolute Gasteiger partial charge is 0.352 e. The van der Waals surface area contributed by atoms with Gasteiger partial charge in [-0.15, -0.1) is 6.42 Å². The summed E-state index contributed by atoms with van der Waals surface area (Å²) >= 11 is 0. The average molecular weight is 289 g/mol. The van der Waals surface area contributed by atoms with Crippen molar-refractivity contribution in [1.29, 1.82) is 0 Å². The number of rotatable bonds is 1. The van der Waals surface area contributed by atoms with Gasteiger partial charge in [0.1, 0.15) is 6.04 Å². The third kappa shape index (κ3) is 1.77. The van der Waals surface area contributed by atoms with Gasteiger partial charge in [-0.2, -0.15) is 4.98 Å². The Morgan fingerprint density at radius 1 is 1.50 bits per heavy atom. The molecule has 102 valence electrons. The Kier molecular flexibility index (Phi) is 2.59. The molecule has 2 aromatic rings. The highest BCUT2D eigenvalue weighted by molar-refractivity contribution is 7.90. The van der Waals surface area contributed by atoms with Crippen LogP contribution >= 0.6 is 0 Å². The zero-order valence-corrected chi connectivity index (χ0v) is 11.4. The van der Waals surface area contributed by atoms with Gasteiger partial charge in [-0.1, -0.05) is 5.92 Å². The third-order valence-corrected chi connectivity index (χ3v) is 4.39. The molecule has 2 heterocycles. The summed E-state index contributed by atoms with van der Waals surface area (Å²) in [6.45, 7) is 0.496. The van der Waals surface area contributed by atoms with Crippen molar-refractivity contribution in [3.63, 3.8) is 0 Å². The summed E-state index contributed by atoms with van der Waals surface area (Å²) in [7, 11) is -3.38. The molecule has 0 fully saturated rings. The first-order valence-electron chi connectivity index (χ1n) is 5.88. The summed E-state index contributed by atoms with van der Waals surface area (Å²) in [4.78, 5) is 16.0. The van der Waals surface area contributed by atoms with Crippen LogP contribution in [0.3, 0.4) is 0 Å². The van der Waals surface area contributed by atoms with Gasteiger partial charge in [-0.3, -0.25) is 9.36 Å². The topological polar surface area (TPSA) is 81.1 Å². The van der Waals surface area contributed by atoms with Crippen LogP contribution in [0.15, 0.2) is 27.9 Å². The van der Waals surface area contributed by atoms with E-state index in [0.29, 0.717) is 18.0 Å². The molecule has 0 saturated carbocycles. The van der Waals surface area contributed by atoms with Crippen molar-refractivity contribution >= 4 is 26.7 Å². The first-order valence-corrected chi connectivity index (χ1v) is 7.77. The van der Waals surface area contributed by atoms with Crippen LogP contribution in [-0.2, 0) is 9.84 Å². The van der Waals surface area contributed by atoms with Gasteiger partial charge in [0.2, 0.25) is 5.95 Å². The van der Waals surface area contributed by atoms with E-state index in [2.05, 4.69) is 16.2 Å². The molecule has 1 unspecified atom stereocenters. The van der Waals surface area contributed by atoms with Gasteiger partial charge in [-0.05, 0) is 18.2 Å². The van der Waals surface area contributed by atoms with Crippen LogP contribution in [0.4, 0.5) is 5.95 Å². The summed E-state index contributed by atoms with van der Waals surface area (Å²) < 4.78 is 24.9. The molecule has 7 heteroatoms. The number of anilines is 1. The van der Waals surface area contributed by atoms with E-state index < -0.39 is 15.4 Å². The zero-order valence-electron chi connectivity index (χ0n) is 10.6. The first kappa shape index (κ1) is 12.7. The fourth-order valence-electron chi connectivity index (χ4n) is 2.30. The van der Waals surface area contributed by atoms with Crippen molar-refractivity contribution in [1.82, 2.24) is 9.55 Å². The Labute approximate surface area is 115 Å². The summed E-state index contributed by atoms with van der Waals surface area (Å²) in [5.41, 5.74) is 0.113. The Hall–Kier alpha value is -2.33. The van der Waals surface area contributed by atoms with E-state index in [4.69, 9.17) is 6.42 Å². The normalized spacial score (nSPS) is 17.5. The van der Waals surface area contributed by atoms with Gasteiger partial charge in [-0.25, -0.2) is 8.42 Å². The second-order valence-corrected chi connectivity index (χ2v) is 6.64. The molecule has 20 heavy (non-hydrogen) atoms. The minimum absolute atomic E-state index is 0.0904. The molecule has 0 bridgehead atoms. The van der Waals surface area contributed by atoms with E-state index in [1.807, 2.05) is 0 Å². The molecule has 0 spiro atoms. The van der Waals surface area contributed by atoms with E-state index in [0.717, 1.165) is 6.26 Å². The van der Waals surface area contributed by atoms with Crippen molar-refractivity contribution < 1.29 is 8.42 Å². The third-order valence-electron chi connectivity index (χ3n) is 3.28. The number of nitrogens with one attached hydrogen (secondary N) is 1. The lowest BCUT2D eigenvalue weighted by atomic mass is 10.2. The van der Waals surface area contributed by atoms with Crippen LogP contribution in [0.2, 0.25) is 0 Å². The Balaban J connectivity index is 2.41. The molecule has 1 aromatic carbocycles. The smallest absolute Gasteiger partial charge is 0.282 e. The highest BCUT2D eigenvalue weighted by Crippen LogP contribution is 2.26. The Morgan fingerprint density at radius 2 is 2.25 bits per heavy atom. The molecule has 1 atom stereocenters. The van der Waals surface area contributed by atoms with Crippen molar-refractivity contribution in [3.05, 3.63) is 28.6 Å². The SMILES string of the molecule is C#CC1CNc2nc(=O)c3cc(S(C)(=O)=O)ccc3n21. The lowest BCUT2D eigenvalue weighted by molar-refractivity contribution is 0.602. The Bertz CT molecular complexity index is 922. The Morgan fingerprint density at radius 3 is 2.90 bits per heavy atom. The van der Waals surface area contributed by atoms with Crippen molar-refractivity contribution in [3.8, 4) is 12.3 Å². The maximum absolute atomic E-state index is 12.0. The minimum Gasteiger partial charge on any atom is -0.352 e. The van der Waals surface area contributed by atoms with Gasteiger partial charge in [0.15, 0.2) is 9.84 Å². The van der Waals surface area contributed by atoms with Gasteiger partial charge >= 0.3 is 0 Å². The molecular weight excluding hydrogens is 278 g/mol. The number of sulfone groups is 1. The highest BCUT2D eigenvalue weighted by Gasteiger charge is 2.23. The van der Waals surface area contributed by atoms with Crippen molar-refractivity contribution in [2.24, 2.45) is 0 Å². The molecule has 1 N–H and O–H groups in total. The summed E-state index contributed by atoms with van der Waals surface area (Å²) in [5.74, 6) is 3.03. The summed E-state index contributed by atoms with van der Waals surface area (Å²) in [6.07, 6.45) is 6.56. The molecule has 0 saturated heterocycles. The average Bonchev–Trinajstić information content (AvgIpc) is 2.80. The lowest BCUT2D eigenvalue weighted by Gasteiger charge is -2.11. The van der Waals surface area contributed by atoms with E-state index >= 15 is 0 Å². The zero-order chi connectivity index (χ0) is 14.5. The molecule has 3 rings (SSSR count). The maximum atomic E-state index is 12.0. The number of benzene rings is 1. The molecule has 1 aromatic heterocycles. The van der Waals surface area contributed by atoms with E-state index in [9.17, 15) is 13.2 Å². The molecule has 6 nitrogen and oxygen atoms in total. The van der Waals surface area contributed by atoms with Crippen LogP contribution in [0, 0.1) is 12.3 Å². The molecule has 0 radical (unpaired) electrons. The number of nitrogens with zero attached hydrogens (tertiary/aromatic N) is 2. The summed E-state index contributed by atoms with van der Waals surface area (Å²) in [6, 6.07) is 4.16. The van der Waals surface area contributed by atoms with Crippen LogP contribution in [0.5, 0.6) is 0 Å². The monoisotopic (exact) mass is 289 g/mol. The molecular formula is C13H11N3O3S. The van der Waals surface area contributed by atoms with Gasteiger partial charge < -0.3 is 5.32 Å². The van der Waals surface area contributed by atoms with Gasteiger partial charge in [0, 0.05) is 12.8 Å². The maximum Gasteiger partial charge on any atom is 0.282 e. The molecule has 0 amide bonds. The van der Waals surface area contributed by atoms with Crippen LogP contribution < -0.4 is 10.9 Å². The quantitative estimate of drug-likeness (QED) is 0.769. The van der Waals surface area contributed by atoms with E-state index in [1.54, 1.807) is 10.6 Å². The fraction of sp³-hybridized carbons (Fsp3) is 0.231. The second-order valence-electron chi connectivity index (χ2n) is 4.63. The summed E-state index contributed by atoms with van der Waals surface area (Å²) in [5, 5.41) is 3.22. The van der Waals surface area contributed by atoms with Gasteiger partial charge in [0.05, 0.1) is 15.8 Å². The van der Waals surface area contributed by atoms with Crippen LogP contribution in [0.25, 0.3) is 10.9 Å². The van der Waals surface area contributed by atoms with Gasteiger partial charge in [0.25, 0.3) is 5.56 Å². The number of hydrogen-bond donors (Lipinski definition) is 1. The number of aromatic nitrogens is 2. The lowest BCUT2D eigenvalue weighted by Crippen LogP contribution is -2.14. The standard InChI is InChI=1S/C13H11N3O3S/c1-3-8-7-14-13-15-12(17)10-6-9(20(2,18)19)4-5-11(10)16(8)13/h1,4-6,8H,7H2,2H3,(H,14,15,17). The predicted octanol–water partition coefficient (Wildman–Crippen LogP) is 0.400. The first-order chi connectivity index (χ1) is 9.41. The second kappa shape index (κ2) is 4.08. The minimum atomic E-state index is -3.38. The number of fused-ring (bicyclic) bond motifs is 3. The van der Waals surface area contributed by atoms with E-state index in [-0.39, 0.29) is 16.3 Å².